The third-order valence-electron chi connectivity index (χ3n) is 5.53. The van der Waals surface area contributed by atoms with Crippen LogP contribution in [0.3, 0.4) is 0 Å². The van der Waals surface area contributed by atoms with E-state index in [2.05, 4.69) is 46.2 Å². The van der Waals surface area contributed by atoms with E-state index in [4.69, 9.17) is 0 Å². The minimum absolute atomic E-state index is 0.0452. The van der Waals surface area contributed by atoms with Crippen LogP contribution in [0.4, 0.5) is 0 Å². The van der Waals surface area contributed by atoms with Crippen molar-refractivity contribution in [2.75, 3.05) is 0 Å². The zero-order chi connectivity index (χ0) is 16.0. The monoisotopic (exact) mass is 291 g/mol. The van der Waals surface area contributed by atoms with Crippen LogP contribution in [0, 0.1) is 17.3 Å². The molecule has 1 nitrogen and oxygen atoms in total. The average Bonchev–Trinajstić information content (AvgIpc) is 2.48. The lowest BCUT2D eigenvalue weighted by atomic mass is 9.52. The highest BCUT2D eigenvalue weighted by Crippen LogP contribution is 2.57. The number of hydrogen-bond acceptors (Lipinski definition) is 1. The number of carbonyl (C=O) groups excluding carboxylic acids is 1. The van der Waals surface area contributed by atoms with Crippen molar-refractivity contribution in [3.05, 3.63) is 77.7 Å². The Morgan fingerprint density at radius 1 is 0.909 bits per heavy atom. The van der Waals surface area contributed by atoms with E-state index in [1.165, 1.54) is 5.56 Å². The average molecular weight is 291 g/mol. The fraction of sp³-hybridized carbons (Fsp3) is 0.333. The van der Waals surface area contributed by atoms with Gasteiger partial charge >= 0.3 is 0 Å². The van der Waals surface area contributed by atoms with Gasteiger partial charge in [-0.15, -0.1) is 0 Å². The largest absolute Gasteiger partial charge is 0.292 e. The summed E-state index contributed by atoms with van der Waals surface area (Å²) in [6.45, 7) is 8.89. The van der Waals surface area contributed by atoms with E-state index >= 15 is 0 Å². The van der Waals surface area contributed by atoms with Crippen LogP contribution in [0.1, 0.15) is 55.1 Å². The zero-order valence-corrected chi connectivity index (χ0v) is 13.8. The molecule has 3 rings (SSSR count). The Bertz CT molecular complexity index is 695. The van der Waals surface area contributed by atoms with Crippen molar-refractivity contribution in [3.8, 4) is 0 Å². The molecule has 112 valence electrons. The predicted molar refractivity (Wildman–Crippen MR) is 90.9 cm³/mol. The highest BCUT2D eigenvalue weighted by molar-refractivity contribution is 6.02. The first-order valence-electron chi connectivity index (χ1n) is 7.89. The highest BCUT2D eigenvalue weighted by Gasteiger charge is 2.55. The van der Waals surface area contributed by atoms with E-state index in [1.807, 2.05) is 42.5 Å². The second kappa shape index (κ2) is 5.01. The third kappa shape index (κ3) is 2.16. The van der Waals surface area contributed by atoms with E-state index in [9.17, 15) is 4.79 Å². The topological polar surface area (TPSA) is 17.1 Å². The van der Waals surface area contributed by atoms with E-state index in [0.717, 1.165) is 11.1 Å². The molecule has 0 fully saturated rings. The van der Waals surface area contributed by atoms with Crippen LogP contribution in [0.25, 0.3) is 0 Å². The molecule has 0 aliphatic heterocycles. The number of ketones is 1. The van der Waals surface area contributed by atoms with Crippen molar-refractivity contribution in [1.82, 2.24) is 0 Å². The molecule has 0 saturated heterocycles. The first-order chi connectivity index (χ1) is 10.3. The quantitative estimate of drug-likeness (QED) is 0.544. The summed E-state index contributed by atoms with van der Waals surface area (Å²) in [7, 11) is 0. The molecule has 0 N–H and O–H groups in total. The zero-order valence-electron chi connectivity index (χ0n) is 13.8. The molecule has 2 aromatic carbocycles. The van der Waals surface area contributed by atoms with E-state index in [0.29, 0.717) is 0 Å². The van der Waals surface area contributed by atoms with Crippen molar-refractivity contribution < 1.29 is 4.79 Å². The Labute approximate surface area is 133 Å². The minimum atomic E-state index is -0.145. The summed E-state index contributed by atoms with van der Waals surface area (Å²) in [4.78, 5) is 13.3. The van der Waals surface area contributed by atoms with Crippen LogP contribution in [-0.4, -0.2) is 5.78 Å². The van der Waals surface area contributed by atoms with Crippen LogP contribution in [-0.2, 0) is 0 Å². The summed E-state index contributed by atoms with van der Waals surface area (Å²) in [5, 5.41) is 0. The summed E-state index contributed by atoms with van der Waals surface area (Å²) >= 11 is 0. The maximum Gasteiger partial charge on any atom is 0.183 e. The molecule has 0 heterocycles. The van der Waals surface area contributed by atoms with Gasteiger partial charge in [-0.3, -0.25) is 4.79 Å². The van der Waals surface area contributed by atoms with Gasteiger partial charge in [0.05, 0.1) is 5.56 Å². The van der Waals surface area contributed by atoms with Gasteiger partial charge < -0.3 is 0 Å². The molecule has 0 bridgehead atoms. The van der Waals surface area contributed by atoms with Gasteiger partial charge in [0.1, 0.15) is 11.5 Å². The van der Waals surface area contributed by atoms with Gasteiger partial charge in [-0.2, -0.15) is 0 Å². The molecule has 0 aromatic heterocycles. The molecule has 0 saturated carbocycles. The lowest BCUT2D eigenvalue weighted by Crippen LogP contribution is -2.45. The summed E-state index contributed by atoms with van der Waals surface area (Å²) < 4.78 is 0. The Morgan fingerprint density at radius 2 is 1.50 bits per heavy atom. The summed E-state index contributed by atoms with van der Waals surface area (Å²) in [6.07, 6.45) is 2.32. The van der Waals surface area contributed by atoms with Crippen molar-refractivity contribution in [2.24, 2.45) is 10.8 Å². The standard InChI is InChI=1S/C21H23O/c1-20(2)14-16-12-8-9-13-17(16)18(21(20,3)4)19(22)15-10-6-5-7-11-15/h5-14,18H,1-4H3/q+1. The summed E-state index contributed by atoms with van der Waals surface area (Å²) in [6, 6.07) is 18.0. The van der Waals surface area contributed by atoms with Crippen molar-refractivity contribution in [3.63, 3.8) is 0 Å². The number of rotatable bonds is 2. The minimum Gasteiger partial charge on any atom is -0.292 e. The number of benzene rings is 2. The highest BCUT2D eigenvalue weighted by atomic mass is 16.1. The van der Waals surface area contributed by atoms with Crippen LogP contribution in [0.5, 0.6) is 0 Å². The Hall–Kier alpha value is -2.02. The summed E-state index contributed by atoms with van der Waals surface area (Å²) in [5.74, 6) is 0.102. The molecule has 1 aliphatic rings. The van der Waals surface area contributed by atoms with Gasteiger partial charge in [0.2, 0.25) is 0 Å². The van der Waals surface area contributed by atoms with Crippen LogP contribution >= 0.6 is 0 Å². The van der Waals surface area contributed by atoms with Gasteiger partial charge in [-0.1, -0.05) is 44.2 Å². The normalized spacial score (nSPS) is 21.5. The van der Waals surface area contributed by atoms with E-state index in [-0.39, 0.29) is 22.5 Å². The van der Waals surface area contributed by atoms with Crippen molar-refractivity contribution >= 4 is 5.78 Å². The summed E-state index contributed by atoms with van der Waals surface area (Å²) in [5.41, 5.74) is 2.96. The molecule has 1 unspecified atom stereocenters. The number of Topliss-reactive ketones (excluding diaryl/α,β-unsaturated/α-hetero) is 1. The molecule has 0 radical (unpaired) electrons. The Balaban J connectivity index is 2.17. The second-order valence-corrected chi connectivity index (χ2v) is 7.38. The Kier molecular flexibility index (Phi) is 3.40. The van der Waals surface area contributed by atoms with Crippen molar-refractivity contribution in [1.29, 1.82) is 0 Å². The number of carbonyl (C=O) groups is 1. The SMILES string of the molecule is CC1(C)[CH+]c2ccccc2C(C(=O)c2ccccc2)C1(C)C. The number of hydrogen-bond donors (Lipinski definition) is 0. The molecular weight excluding hydrogens is 268 g/mol. The van der Waals surface area contributed by atoms with Gasteiger partial charge in [0.15, 0.2) is 5.78 Å². The van der Waals surface area contributed by atoms with E-state index in [1.54, 1.807) is 0 Å². The van der Waals surface area contributed by atoms with Gasteiger partial charge in [-0.25, -0.2) is 0 Å². The molecule has 22 heavy (non-hydrogen) atoms. The smallest absolute Gasteiger partial charge is 0.183 e. The van der Waals surface area contributed by atoms with E-state index < -0.39 is 0 Å². The molecule has 0 amide bonds. The first kappa shape index (κ1) is 14.9. The fourth-order valence-corrected chi connectivity index (χ4v) is 3.48. The lowest BCUT2D eigenvalue weighted by Gasteiger charge is -2.46. The third-order valence-corrected chi connectivity index (χ3v) is 5.53. The van der Waals surface area contributed by atoms with Crippen LogP contribution in [0.15, 0.2) is 54.6 Å². The number of fused-ring (bicyclic) bond motifs is 1. The van der Waals surface area contributed by atoms with Crippen molar-refractivity contribution in [2.45, 2.75) is 33.6 Å². The molecule has 2 aromatic rings. The maximum absolute atomic E-state index is 13.3. The predicted octanol–water partition coefficient (Wildman–Crippen LogP) is 5.27. The second-order valence-electron chi connectivity index (χ2n) is 7.38. The molecule has 1 atom stereocenters. The van der Waals surface area contributed by atoms with Gasteiger partial charge in [0, 0.05) is 34.9 Å². The van der Waals surface area contributed by atoms with Gasteiger partial charge in [0.25, 0.3) is 0 Å². The molecule has 1 aliphatic carbocycles. The fourth-order valence-electron chi connectivity index (χ4n) is 3.48. The molecule has 0 spiro atoms. The van der Waals surface area contributed by atoms with Gasteiger partial charge in [-0.05, 0) is 26.0 Å². The first-order valence-corrected chi connectivity index (χ1v) is 7.89. The molecule has 1 heteroatoms. The maximum atomic E-state index is 13.3. The lowest BCUT2D eigenvalue weighted by molar-refractivity contribution is 0.0658. The molecular formula is C21H23O+. The van der Waals surface area contributed by atoms with Crippen LogP contribution < -0.4 is 0 Å². The van der Waals surface area contributed by atoms with Crippen LogP contribution in [0.2, 0.25) is 0 Å². The Morgan fingerprint density at radius 3 is 2.18 bits per heavy atom.